The van der Waals surface area contributed by atoms with Crippen molar-refractivity contribution >= 4 is 33.9 Å². The molecule has 5 N–H and O–H groups in total. The third kappa shape index (κ3) is 2.82. The number of nitrogen functional groups attached to an aromatic ring is 1. The second-order valence-corrected chi connectivity index (χ2v) is 5.23. The fraction of sp³-hybridized carbons (Fsp3) is 0.250. The van der Waals surface area contributed by atoms with Gasteiger partial charge in [0.1, 0.15) is 5.82 Å². The van der Waals surface area contributed by atoms with Crippen LogP contribution < -0.4 is 16.8 Å². The number of primary amides is 1. The third-order valence-corrected chi connectivity index (χ3v) is 3.56. The molecule has 19 heavy (non-hydrogen) atoms. The largest absolute Gasteiger partial charge is 0.397 e. The smallest absolute Gasteiger partial charge is 0.252 e. The highest BCUT2D eigenvalue weighted by Crippen LogP contribution is 2.26. The Morgan fingerprint density at radius 3 is 2.84 bits per heavy atom. The molecular weight excluding hydrogens is 262 g/mol. The van der Waals surface area contributed by atoms with Gasteiger partial charge in [0.25, 0.3) is 5.91 Å². The van der Waals surface area contributed by atoms with Crippen molar-refractivity contribution in [3.8, 4) is 0 Å². The molecule has 0 aliphatic rings. The quantitative estimate of drug-likeness (QED) is 0.790. The molecule has 2 aromatic rings. The Morgan fingerprint density at radius 2 is 2.26 bits per heavy atom. The Morgan fingerprint density at radius 1 is 1.53 bits per heavy atom. The molecule has 100 valence electrons. The molecular formula is C12H15N5OS. The number of anilines is 3. The van der Waals surface area contributed by atoms with Gasteiger partial charge in [-0.05, 0) is 19.4 Å². The number of nitrogens with one attached hydrogen (secondary N) is 1. The molecule has 0 aliphatic carbocycles. The van der Waals surface area contributed by atoms with E-state index in [4.69, 9.17) is 11.5 Å². The second kappa shape index (κ2) is 5.23. The number of carbonyl (C=O) groups is 1. The summed E-state index contributed by atoms with van der Waals surface area (Å²) >= 11 is 1.51. The molecule has 0 unspecified atom stereocenters. The average Bonchev–Trinajstić information content (AvgIpc) is 2.71. The van der Waals surface area contributed by atoms with E-state index < -0.39 is 5.91 Å². The average molecular weight is 277 g/mol. The number of amides is 1. The van der Waals surface area contributed by atoms with E-state index in [0.29, 0.717) is 16.6 Å². The SMILES string of the molecule is CCc1nc(Nc2ncc(N)cc2C(N)=O)sc1C. The normalized spacial score (nSPS) is 10.4. The topological polar surface area (TPSA) is 107 Å². The van der Waals surface area contributed by atoms with Crippen LogP contribution in [-0.4, -0.2) is 15.9 Å². The summed E-state index contributed by atoms with van der Waals surface area (Å²) in [5, 5.41) is 3.71. The van der Waals surface area contributed by atoms with Crippen molar-refractivity contribution in [1.29, 1.82) is 0 Å². The summed E-state index contributed by atoms with van der Waals surface area (Å²) in [6.07, 6.45) is 2.33. The van der Waals surface area contributed by atoms with Gasteiger partial charge in [0, 0.05) is 4.88 Å². The Balaban J connectivity index is 2.34. The Labute approximate surface area is 114 Å². The zero-order chi connectivity index (χ0) is 14.0. The maximum Gasteiger partial charge on any atom is 0.252 e. The van der Waals surface area contributed by atoms with Crippen molar-refractivity contribution in [1.82, 2.24) is 9.97 Å². The fourth-order valence-electron chi connectivity index (χ4n) is 1.68. The number of rotatable bonds is 4. The summed E-state index contributed by atoms with van der Waals surface area (Å²) in [6.45, 7) is 4.05. The highest BCUT2D eigenvalue weighted by atomic mass is 32.1. The molecule has 6 nitrogen and oxygen atoms in total. The summed E-state index contributed by atoms with van der Waals surface area (Å²) in [6, 6.07) is 1.50. The van der Waals surface area contributed by atoms with Gasteiger partial charge < -0.3 is 16.8 Å². The van der Waals surface area contributed by atoms with Gasteiger partial charge in [0.15, 0.2) is 5.13 Å². The van der Waals surface area contributed by atoms with E-state index >= 15 is 0 Å². The van der Waals surface area contributed by atoms with Gasteiger partial charge in [-0.25, -0.2) is 9.97 Å². The van der Waals surface area contributed by atoms with Gasteiger partial charge in [0.05, 0.1) is 23.1 Å². The number of nitrogens with zero attached hydrogens (tertiary/aromatic N) is 2. The number of hydrogen-bond donors (Lipinski definition) is 3. The number of carbonyl (C=O) groups excluding carboxylic acids is 1. The van der Waals surface area contributed by atoms with Crippen molar-refractivity contribution in [2.45, 2.75) is 20.3 Å². The van der Waals surface area contributed by atoms with Crippen molar-refractivity contribution < 1.29 is 4.79 Å². The lowest BCUT2D eigenvalue weighted by Gasteiger charge is -2.06. The van der Waals surface area contributed by atoms with Crippen molar-refractivity contribution in [2.75, 3.05) is 11.1 Å². The second-order valence-electron chi connectivity index (χ2n) is 4.03. The lowest BCUT2D eigenvalue weighted by Crippen LogP contribution is -2.14. The van der Waals surface area contributed by atoms with Crippen molar-refractivity contribution in [3.63, 3.8) is 0 Å². The summed E-state index contributed by atoms with van der Waals surface area (Å²) in [5.74, 6) is -0.204. The zero-order valence-corrected chi connectivity index (χ0v) is 11.5. The van der Waals surface area contributed by atoms with Crippen molar-refractivity contribution in [3.05, 3.63) is 28.4 Å². The first-order valence-corrected chi connectivity index (χ1v) is 6.61. The molecule has 0 fully saturated rings. The van der Waals surface area contributed by atoms with Crippen LogP contribution >= 0.6 is 11.3 Å². The fourth-order valence-corrected chi connectivity index (χ4v) is 2.58. The molecule has 2 heterocycles. The third-order valence-electron chi connectivity index (χ3n) is 2.63. The number of thiazole rings is 1. The van der Waals surface area contributed by atoms with Crippen LogP contribution in [0.5, 0.6) is 0 Å². The van der Waals surface area contributed by atoms with Gasteiger partial charge in [0.2, 0.25) is 0 Å². The van der Waals surface area contributed by atoms with Gasteiger partial charge in [-0.1, -0.05) is 6.92 Å². The highest BCUT2D eigenvalue weighted by Gasteiger charge is 2.13. The molecule has 2 aromatic heterocycles. The molecule has 2 rings (SSSR count). The Kier molecular flexibility index (Phi) is 3.66. The van der Waals surface area contributed by atoms with Crippen LogP contribution in [0.1, 0.15) is 27.9 Å². The molecule has 0 radical (unpaired) electrons. The van der Waals surface area contributed by atoms with Crippen molar-refractivity contribution in [2.24, 2.45) is 5.73 Å². The summed E-state index contributed by atoms with van der Waals surface area (Å²) < 4.78 is 0. The molecule has 0 saturated heterocycles. The van der Waals surface area contributed by atoms with Crippen LogP contribution in [0.15, 0.2) is 12.3 Å². The van der Waals surface area contributed by atoms with E-state index in [2.05, 4.69) is 15.3 Å². The molecule has 7 heteroatoms. The molecule has 0 aliphatic heterocycles. The maximum atomic E-state index is 11.4. The van der Waals surface area contributed by atoms with Crippen LogP contribution in [0.4, 0.5) is 16.6 Å². The minimum Gasteiger partial charge on any atom is -0.397 e. The van der Waals surface area contributed by atoms with E-state index in [1.165, 1.54) is 23.6 Å². The van der Waals surface area contributed by atoms with Gasteiger partial charge >= 0.3 is 0 Å². The lowest BCUT2D eigenvalue weighted by molar-refractivity contribution is 0.100. The number of aromatic nitrogens is 2. The maximum absolute atomic E-state index is 11.4. The molecule has 0 atom stereocenters. The minimum atomic E-state index is -0.578. The van der Waals surface area contributed by atoms with Gasteiger partial charge in [-0.2, -0.15) is 0 Å². The zero-order valence-electron chi connectivity index (χ0n) is 10.7. The van der Waals surface area contributed by atoms with E-state index in [9.17, 15) is 4.79 Å². The monoisotopic (exact) mass is 277 g/mol. The first kappa shape index (κ1) is 13.3. The molecule has 0 spiro atoms. The first-order valence-electron chi connectivity index (χ1n) is 5.80. The molecule has 0 aromatic carbocycles. The standard InChI is InChI=1S/C12H15N5OS/c1-3-9-6(2)19-12(16-9)17-11-8(10(14)18)4-7(13)5-15-11/h4-5H,3,13H2,1-2H3,(H2,14,18)(H,15,16,17). The van der Waals surface area contributed by atoms with Crippen LogP contribution in [-0.2, 0) is 6.42 Å². The van der Waals surface area contributed by atoms with E-state index in [1.54, 1.807) is 0 Å². The first-order chi connectivity index (χ1) is 9.01. The Hall–Kier alpha value is -2.15. The van der Waals surface area contributed by atoms with Gasteiger partial charge in [-0.15, -0.1) is 11.3 Å². The van der Waals surface area contributed by atoms with Crippen LogP contribution in [0.3, 0.4) is 0 Å². The number of nitrogens with two attached hydrogens (primary N) is 2. The summed E-state index contributed by atoms with van der Waals surface area (Å²) in [5.41, 5.74) is 12.6. The summed E-state index contributed by atoms with van der Waals surface area (Å²) in [7, 11) is 0. The highest BCUT2D eigenvalue weighted by molar-refractivity contribution is 7.15. The van der Waals surface area contributed by atoms with Crippen LogP contribution in [0.25, 0.3) is 0 Å². The Bertz CT molecular complexity index is 623. The predicted molar refractivity (Wildman–Crippen MR) is 76.7 cm³/mol. The van der Waals surface area contributed by atoms with Crippen LogP contribution in [0.2, 0.25) is 0 Å². The predicted octanol–water partition coefficient (Wildman–Crippen LogP) is 1.83. The molecule has 0 bridgehead atoms. The lowest BCUT2D eigenvalue weighted by atomic mass is 10.2. The van der Waals surface area contributed by atoms with Crippen LogP contribution in [0, 0.1) is 6.92 Å². The minimum absolute atomic E-state index is 0.255. The summed E-state index contributed by atoms with van der Waals surface area (Å²) in [4.78, 5) is 21.0. The van der Waals surface area contributed by atoms with E-state index in [1.807, 2.05) is 13.8 Å². The molecule has 1 amide bonds. The molecule has 0 saturated carbocycles. The number of pyridine rings is 1. The number of hydrogen-bond acceptors (Lipinski definition) is 6. The van der Waals surface area contributed by atoms with E-state index in [0.717, 1.165) is 17.0 Å². The van der Waals surface area contributed by atoms with Gasteiger partial charge in [-0.3, -0.25) is 4.79 Å². The van der Waals surface area contributed by atoms with E-state index in [-0.39, 0.29) is 5.56 Å². The number of aryl methyl sites for hydroxylation is 2.